The topological polar surface area (TPSA) is 56.1 Å². The van der Waals surface area contributed by atoms with Crippen LogP contribution in [0.2, 0.25) is 0 Å². The van der Waals surface area contributed by atoms with E-state index < -0.39 is 23.4 Å². The van der Waals surface area contributed by atoms with Crippen molar-refractivity contribution in [1.82, 2.24) is 4.57 Å². The van der Waals surface area contributed by atoms with Crippen molar-refractivity contribution < 1.29 is 27.0 Å². The first kappa shape index (κ1) is 23.3. The summed E-state index contributed by atoms with van der Waals surface area (Å²) in [5.41, 5.74) is 0.663. The van der Waals surface area contributed by atoms with Crippen LogP contribution in [0.3, 0.4) is 0 Å². The second-order valence-electron chi connectivity index (χ2n) is 8.37. The maximum atomic E-state index is 13.0. The summed E-state index contributed by atoms with van der Waals surface area (Å²) >= 11 is 0. The van der Waals surface area contributed by atoms with Gasteiger partial charge in [0.15, 0.2) is 12.6 Å². The van der Waals surface area contributed by atoms with Gasteiger partial charge in [-0.2, -0.15) is 13.2 Å². The number of ketones is 1. The molecule has 2 aromatic heterocycles. The third-order valence-electron chi connectivity index (χ3n) is 5.95. The number of fused-ring (bicyclic) bond motifs is 1. The van der Waals surface area contributed by atoms with Gasteiger partial charge < -0.3 is 4.42 Å². The van der Waals surface area contributed by atoms with Crippen molar-refractivity contribution in [2.45, 2.75) is 18.8 Å². The molecule has 5 aromatic rings. The Bertz CT molecular complexity index is 1590. The van der Waals surface area contributed by atoms with Gasteiger partial charge >= 0.3 is 11.8 Å². The molecular weight excluding hydrogens is 469 g/mol. The summed E-state index contributed by atoms with van der Waals surface area (Å²) in [4.78, 5) is 25.7. The van der Waals surface area contributed by atoms with Crippen molar-refractivity contribution in [3.63, 3.8) is 0 Å². The number of hydrogen-bond donors (Lipinski definition) is 0. The highest BCUT2D eigenvalue weighted by molar-refractivity contribution is 5.95. The molecule has 0 spiro atoms. The molecule has 180 valence electrons. The van der Waals surface area contributed by atoms with E-state index in [1.54, 1.807) is 46.1 Å². The monoisotopic (exact) mass is 489 g/mol. The van der Waals surface area contributed by atoms with Gasteiger partial charge in [-0.3, -0.25) is 4.79 Å². The lowest BCUT2D eigenvalue weighted by Crippen LogP contribution is -2.36. The Hall–Kier alpha value is -4.46. The summed E-state index contributed by atoms with van der Waals surface area (Å²) in [5, 5.41) is 0.783. The Morgan fingerprint density at radius 2 is 1.64 bits per heavy atom. The largest absolute Gasteiger partial charge is 0.422 e. The number of halogens is 3. The zero-order valence-electron chi connectivity index (χ0n) is 18.9. The third kappa shape index (κ3) is 4.70. The fourth-order valence-electron chi connectivity index (χ4n) is 4.18. The first-order chi connectivity index (χ1) is 17.3. The van der Waals surface area contributed by atoms with Gasteiger partial charge in [-0.1, -0.05) is 60.7 Å². The van der Waals surface area contributed by atoms with Gasteiger partial charge in [0.1, 0.15) is 18.0 Å². The Kier molecular flexibility index (Phi) is 6.01. The van der Waals surface area contributed by atoms with Gasteiger partial charge in [0.2, 0.25) is 12.1 Å². The van der Waals surface area contributed by atoms with Crippen LogP contribution in [-0.4, -0.2) is 10.4 Å². The highest BCUT2D eigenvalue weighted by Gasteiger charge is 2.30. The van der Waals surface area contributed by atoms with E-state index in [4.69, 9.17) is 4.42 Å². The summed E-state index contributed by atoms with van der Waals surface area (Å²) in [7, 11) is 0. The lowest BCUT2D eigenvalue weighted by Gasteiger charge is -2.14. The van der Waals surface area contributed by atoms with E-state index in [2.05, 4.69) is 0 Å². The number of carbonyl (C=O) groups is 1. The smallest absolute Gasteiger partial charge is 0.416 e. The van der Waals surface area contributed by atoms with E-state index in [0.717, 1.165) is 23.1 Å². The number of alkyl halides is 3. The highest BCUT2D eigenvalue weighted by Crippen LogP contribution is 2.29. The molecule has 0 aliphatic heterocycles. The van der Waals surface area contributed by atoms with E-state index >= 15 is 0 Å². The van der Waals surface area contributed by atoms with Crippen molar-refractivity contribution in [2.75, 3.05) is 0 Å². The van der Waals surface area contributed by atoms with E-state index in [1.165, 1.54) is 12.1 Å². The van der Waals surface area contributed by atoms with Crippen LogP contribution in [0.5, 0.6) is 0 Å². The maximum absolute atomic E-state index is 13.0. The molecule has 1 atom stereocenters. The number of Topliss-reactive ketones (excluding diaryl/α,β-unsaturated/α-hetero) is 1. The van der Waals surface area contributed by atoms with Crippen LogP contribution in [0.15, 0.2) is 113 Å². The van der Waals surface area contributed by atoms with Gasteiger partial charge in [-0.25, -0.2) is 13.9 Å². The van der Waals surface area contributed by atoms with Crippen LogP contribution < -0.4 is 10.2 Å². The third-order valence-corrected chi connectivity index (χ3v) is 5.95. The van der Waals surface area contributed by atoms with E-state index in [0.29, 0.717) is 11.1 Å². The van der Waals surface area contributed by atoms with Crippen LogP contribution in [-0.2, 0) is 12.7 Å². The van der Waals surface area contributed by atoms with Gasteiger partial charge in [-0.15, -0.1) is 0 Å². The minimum absolute atomic E-state index is 0.0772. The van der Waals surface area contributed by atoms with Crippen molar-refractivity contribution in [2.24, 2.45) is 0 Å². The van der Waals surface area contributed by atoms with Gasteiger partial charge in [0.05, 0.1) is 11.1 Å². The fourth-order valence-corrected chi connectivity index (χ4v) is 4.18. The number of benzene rings is 3. The Labute approximate surface area is 203 Å². The number of nitrogens with zero attached hydrogens (tertiary/aromatic N) is 2. The second-order valence-corrected chi connectivity index (χ2v) is 8.37. The molecule has 5 nitrogen and oxygen atoms in total. The van der Waals surface area contributed by atoms with Crippen LogP contribution in [0.1, 0.15) is 33.1 Å². The van der Waals surface area contributed by atoms with Crippen LogP contribution in [0.25, 0.3) is 11.0 Å². The number of carbonyl (C=O) groups excluding carboxylic acids is 1. The number of hydrogen-bond acceptors (Lipinski definition) is 3. The van der Waals surface area contributed by atoms with Gasteiger partial charge in [0, 0.05) is 16.5 Å². The summed E-state index contributed by atoms with van der Waals surface area (Å²) in [6, 6.07) is 22.1. The molecule has 2 heterocycles. The lowest BCUT2D eigenvalue weighted by atomic mass is 9.99. The van der Waals surface area contributed by atoms with E-state index in [9.17, 15) is 22.8 Å². The van der Waals surface area contributed by atoms with Crippen LogP contribution in [0, 0.1) is 0 Å². The molecule has 1 unspecified atom stereocenters. The summed E-state index contributed by atoms with van der Waals surface area (Å²) in [6.07, 6.45) is 0.649. The molecule has 3 aromatic carbocycles. The zero-order chi connectivity index (χ0) is 25.3. The highest BCUT2D eigenvalue weighted by atomic mass is 19.4. The fraction of sp³-hybridized carbons (Fsp3) is 0.107. The second kappa shape index (κ2) is 9.30. The molecular formula is C28H20F3N2O3+. The Morgan fingerprint density at radius 3 is 2.36 bits per heavy atom. The van der Waals surface area contributed by atoms with E-state index in [1.807, 2.05) is 42.5 Å². The minimum Gasteiger partial charge on any atom is -0.422 e. The molecule has 5 rings (SSSR count). The average Bonchev–Trinajstić information content (AvgIpc) is 3.32. The average molecular weight is 489 g/mol. The Morgan fingerprint density at radius 1 is 0.944 bits per heavy atom. The predicted molar refractivity (Wildman–Crippen MR) is 127 cm³/mol. The summed E-state index contributed by atoms with van der Waals surface area (Å²) in [5.74, 6) is -0.340. The number of aromatic nitrogens is 2. The molecule has 0 saturated heterocycles. The molecule has 0 fully saturated rings. The predicted octanol–water partition coefficient (Wildman–Crippen LogP) is 5.42. The van der Waals surface area contributed by atoms with Crippen molar-refractivity contribution in [1.29, 1.82) is 0 Å². The number of para-hydroxylation sites is 1. The van der Waals surface area contributed by atoms with Crippen molar-refractivity contribution in [3.8, 4) is 0 Å². The normalized spacial score (nSPS) is 12.5. The first-order valence-electron chi connectivity index (χ1n) is 11.1. The molecule has 0 radical (unpaired) electrons. The lowest BCUT2D eigenvalue weighted by molar-refractivity contribution is -0.682. The molecule has 0 aliphatic rings. The molecule has 0 saturated carbocycles. The number of imidazole rings is 1. The SMILES string of the molecule is O=C(C[n+]1ccn(C(c2ccccc2)c2cc3ccccc3oc2=O)c1)c1ccc(C(F)(F)F)cc1. The summed E-state index contributed by atoms with van der Waals surface area (Å²) in [6.45, 7) is -0.0772. The maximum Gasteiger partial charge on any atom is 0.416 e. The number of rotatable bonds is 6. The quantitative estimate of drug-likeness (QED) is 0.182. The summed E-state index contributed by atoms with van der Waals surface area (Å²) < 4.78 is 47.5. The molecule has 0 N–H and O–H groups in total. The molecule has 0 bridgehead atoms. The first-order valence-corrected chi connectivity index (χ1v) is 11.1. The zero-order valence-corrected chi connectivity index (χ0v) is 18.9. The minimum atomic E-state index is -4.46. The van der Waals surface area contributed by atoms with Crippen LogP contribution >= 0.6 is 0 Å². The van der Waals surface area contributed by atoms with Gasteiger partial charge in [0.25, 0.3) is 0 Å². The van der Waals surface area contributed by atoms with Crippen LogP contribution in [0.4, 0.5) is 13.2 Å². The molecule has 36 heavy (non-hydrogen) atoms. The van der Waals surface area contributed by atoms with E-state index in [-0.39, 0.29) is 17.9 Å². The van der Waals surface area contributed by atoms with Crippen molar-refractivity contribution >= 4 is 16.8 Å². The molecule has 0 amide bonds. The van der Waals surface area contributed by atoms with Crippen molar-refractivity contribution in [3.05, 3.63) is 136 Å². The molecule has 8 heteroatoms. The Balaban J connectivity index is 1.48. The molecule has 0 aliphatic carbocycles. The van der Waals surface area contributed by atoms with Gasteiger partial charge in [-0.05, 0) is 24.3 Å². The standard InChI is InChI=1S/C28H20F3N2O3/c29-28(30,31)22-12-10-19(11-13-22)24(34)17-32-14-15-33(18-32)26(20-6-2-1-3-7-20)23-16-21-8-4-5-9-25(21)36-27(23)35/h1-16,18,26H,17H2/q+1.